The van der Waals surface area contributed by atoms with E-state index in [-0.39, 0.29) is 11.1 Å². The number of rotatable bonds is 6. The van der Waals surface area contributed by atoms with Gasteiger partial charge in [0.15, 0.2) is 0 Å². The van der Waals surface area contributed by atoms with Gasteiger partial charge in [0.25, 0.3) is 10.0 Å². The summed E-state index contributed by atoms with van der Waals surface area (Å²) in [5.41, 5.74) is 2.44. The van der Waals surface area contributed by atoms with Crippen molar-refractivity contribution in [1.29, 1.82) is 0 Å². The van der Waals surface area contributed by atoms with Crippen LogP contribution in [0, 0.1) is 6.92 Å². The van der Waals surface area contributed by atoms with E-state index in [9.17, 15) is 8.42 Å². The molecule has 0 bridgehead atoms. The van der Waals surface area contributed by atoms with Gasteiger partial charge in [-0.05, 0) is 38.6 Å². The fourth-order valence-electron chi connectivity index (χ4n) is 2.24. The van der Waals surface area contributed by atoms with Crippen molar-refractivity contribution < 1.29 is 12.8 Å². The zero-order valence-electron chi connectivity index (χ0n) is 14.3. The Labute approximate surface area is 138 Å². The molecule has 0 N–H and O–H groups in total. The maximum atomic E-state index is 12.0. The summed E-state index contributed by atoms with van der Waals surface area (Å²) in [5, 5.41) is -0.0195. The number of benzene rings is 1. The Hall–Kier alpha value is -1.63. The Morgan fingerprint density at radius 1 is 1.04 bits per heavy atom. The fraction of sp³-hybridized carbons (Fsp3) is 0.412. The largest absolute Gasteiger partial charge is 0.447 e. The van der Waals surface area contributed by atoms with E-state index in [1.54, 1.807) is 6.07 Å². The summed E-state index contributed by atoms with van der Waals surface area (Å²) in [5.74, 6) is 0.631. The number of nitrogens with zero attached hydrogens (tertiary/aromatic N) is 2. The van der Waals surface area contributed by atoms with Crippen LogP contribution in [0.1, 0.15) is 29.9 Å². The molecule has 6 heteroatoms. The van der Waals surface area contributed by atoms with Crippen LogP contribution >= 0.6 is 0 Å². The summed E-state index contributed by atoms with van der Waals surface area (Å²) in [6, 6.07) is 11.8. The van der Waals surface area contributed by atoms with Gasteiger partial charge in [-0.25, -0.2) is 12.7 Å². The summed E-state index contributed by atoms with van der Waals surface area (Å²) in [6.07, 6.45) is 0. The van der Waals surface area contributed by atoms with Gasteiger partial charge in [0.05, 0.1) is 6.54 Å². The predicted octanol–water partition coefficient (Wildman–Crippen LogP) is 3.03. The molecular formula is C17H24N2O3S. The maximum absolute atomic E-state index is 12.0. The first-order valence-corrected chi connectivity index (χ1v) is 8.94. The number of hydrogen-bond donors (Lipinski definition) is 0. The van der Waals surface area contributed by atoms with Gasteiger partial charge in [-0.2, -0.15) is 0 Å². The lowest BCUT2D eigenvalue weighted by Crippen LogP contribution is -2.22. The van der Waals surface area contributed by atoms with Crippen LogP contribution in [0.2, 0.25) is 0 Å². The molecule has 2 rings (SSSR count). The first-order chi connectivity index (χ1) is 10.7. The molecule has 0 radical (unpaired) electrons. The molecule has 0 spiro atoms. The number of aryl methyl sites for hydroxylation is 1. The maximum Gasteiger partial charge on any atom is 0.275 e. The minimum absolute atomic E-state index is 0.0195. The SMILES string of the molecule is Cc1ccc(C(C)N(C)Cc2ccc(S(=O)(=O)N(C)C)o2)cc1. The minimum atomic E-state index is -3.52. The molecule has 126 valence electrons. The molecule has 1 aromatic heterocycles. The topological polar surface area (TPSA) is 53.8 Å². The summed E-state index contributed by atoms with van der Waals surface area (Å²) < 4.78 is 30.7. The molecule has 1 heterocycles. The molecule has 2 aromatic rings. The first kappa shape index (κ1) is 17.7. The summed E-state index contributed by atoms with van der Waals surface area (Å²) in [4.78, 5) is 2.12. The van der Waals surface area contributed by atoms with Crippen molar-refractivity contribution in [2.24, 2.45) is 0 Å². The van der Waals surface area contributed by atoms with Crippen LogP contribution in [-0.4, -0.2) is 38.8 Å². The second-order valence-electron chi connectivity index (χ2n) is 6.01. The lowest BCUT2D eigenvalue weighted by atomic mass is 10.1. The van der Waals surface area contributed by atoms with Crippen LogP contribution < -0.4 is 0 Å². The molecule has 1 aromatic carbocycles. The summed E-state index contributed by atoms with van der Waals surface area (Å²) in [7, 11) is 1.45. The van der Waals surface area contributed by atoms with E-state index in [0.717, 1.165) is 4.31 Å². The van der Waals surface area contributed by atoms with Gasteiger partial charge < -0.3 is 4.42 Å². The number of furan rings is 1. The van der Waals surface area contributed by atoms with Crippen LogP contribution in [0.15, 0.2) is 45.9 Å². The van der Waals surface area contributed by atoms with Crippen molar-refractivity contribution in [2.75, 3.05) is 21.1 Å². The van der Waals surface area contributed by atoms with Crippen molar-refractivity contribution in [3.05, 3.63) is 53.3 Å². The molecule has 1 unspecified atom stereocenters. The lowest BCUT2D eigenvalue weighted by molar-refractivity contribution is 0.225. The van der Waals surface area contributed by atoms with Crippen LogP contribution in [0.3, 0.4) is 0 Å². The molecule has 0 aliphatic rings. The van der Waals surface area contributed by atoms with E-state index in [1.165, 1.54) is 31.3 Å². The van der Waals surface area contributed by atoms with Crippen molar-refractivity contribution in [1.82, 2.24) is 9.21 Å². The monoisotopic (exact) mass is 336 g/mol. The van der Waals surface area contributed by atoms with E-state index in [0.29, 0.717) is 12.3 Å². The Balaban J connectivity index is 2.10. The van der Waals surface area contributed by atoms with E-state index in [4.69, 9.17) is 4.42 Å². The Bertz CT molecular complexity index is 748. The highest BCUT2D eigenvalue weighted by Gasteiger charge is 2.22. The zero-order valence-corrected chi connectivity index (χ0v) is 15.1. The van der Waals surface area contributed by atoms with Crippen LogP contribution in [0.5, 0.6) is 0 Å². The van der Waals surface area contributed by atoms with Crippen molar-refractivity contribution in [3.8, 4) is 0 Å². The highest BCUT2D eigenvalue weighted by atomic mass is 32.2. The van der Waals surface area contributed by atoms with Crippen molar-refractivity contribution in [3.63, 3.8) is 0 Å². The normalized spacial score (nSPS) is 13.7. The Morgan fingerprint density at radius 3 is 2.22 bits per heavy atom. The highest BCUT2D eigenvalue weighted by Crippen LogP contribution is 2.23. The average Bonchev–Trinajstić information content (AvgIpc) is 2.96. The predicted molar refractivity (Wildman–Crippen MR) is 90.6 cm³/mol. The average molecular weight is 336 g/mol. The smallest absolute Gasteiger partial charge is 0.275 e. The zero-order chi connectivity index (χ0) is 17.2. The minimum Gasteiger partial charge on any atom is -0.447 e. The van der Waals surface area contributed by atoms with Gasteiger partial charge in [-0.15, -0.1) is 0 Å². The second kappa shape index (κ2) is 6.86. The fourth-order valence-corrected chi connectivity index (χ4v) is 3.06. The van der Waals surface area contributed by atoms with E-state index in [2.05, 4.69) is 43.0 Å². The van der Waals surface area contributed by atoms with E-state index < -0.39 is 10.0 Å². The molecule has 0 fully saturated rings. The van der Waals surface area contributed by atoms with Crippen LogP contribution in [0.25, 0.3) is 0 Å². The number of hydrogen-bond acceptors (Lipinski definition) is 4. The lowest BCUT2D eigenvalue weighted by Gasteiger charge is -2.24. The third kappa shape index (κ3) is 4.02. The van der Waals surface area contributed by atoms with Gasteiger partial charge in [-0.1, -0.05) is 29.8 Å². The molecule has 0 aliphatic carbocycles. The van der Waals surface area contributed by atoms with Crippen molar-refractivity contribution >= 4 is 10.0 Å². The summed E-state index contributed by atoms with van der Waals surface area (Å²) >= 11 is 0. The number of sulfonamides is 1. The third-order valence-electron chi connectivity index (χ3n) is 4.00. The summed E-state index contributed by atoms with van der Waals surface area (Å²) in [6.45, 7) is 4.72. The molecule has 0 amide bonds. The standard InChI is InChI=1S/C17H24N2O3S/c1-13-6-8-15(9-7-13)14(2)19(5)12-16-10-11-17(22-16)23(20,21)18(3)4/h6-11,14H,12H2,1-5H3. The molecule has 5 nitrogen and oxygen atoms in total. The van der Waals surface area contributed by atoms with Gasteiger partial charge in [0.1, 0.15) is 5.76 Å². The van der Waals surface area contributed by atoms with Crippen LogP contribution in [0.4, 0.5) is 0 Å². The van der Waals surface area contributed by atoms with E-state index in [1.807, 2.05) is 7.05 Å². The van der Waals surface area contributed by atoms with E-state index >= 15 is 0 Å². The molecule has 0 saturated carbocycles. The van der Waals surface area contributed by atoms with Crippen LogP contribution in [-0.2, 0) is 16.6 Å². The molecule has 23 heavy (non-hydrogen) atoms. The Kier molecular flexibility index (Phi) is 5.29. The van der Waals surface area contributed by atoms with Gasteiger partial charge in [-0.3, -0.25) is 4.90 Å². The third-order valence-corrected chi connectivity index (χ3v) is 5.69. The molecule has 1 atom stereocenters. The quantitative estimate of drug-likeness (QED) is 0.814. The Morgan fingerprint density at radius 2 is 1.65 bits per heavy atom. The molecule has 0 aliphatic heterocycles. The molecular weight excluding hydrogens is 312 g/mol. The van der Waals surface area contributed by atoms with Gasteiger partial charge in [0, 0.05) is 20.1 Å². The molecule has 0 saturated heterocycles. The van der Waals surface area contributed by atoms with Gasteiger partial charge >= 0.3 is 0 Å². The van der Waals surface area contributed by atoms with Crippen molar-refractivity contribution in [2.45, 2.75) is 31.5 Å². The highest BCUT2D eigenvalue weighted by molar-refractivity contribution is 7.88. The second-order valence-corrected chi connectivity index (χ2v) is 8.09. The van der Waals surface area contributed by atoms with Gasteiger partial charge in [0.2, 0.25) is 5.09 Å². The first-order valence-electron chi connectivity index (χ1n) is 7.50.